The number of benzene rings is 7. The van der Waals surface area contributed by atoms with Gasteiger partial charge in [-0.25, -0.2) is 4.98 Å². The normalized spacial score (nSPS) is 11.5. The van der Waals surface area contributed by atoms with Crippen LogP contribution in [0.4, 0.5) is 0 Å². The Labute approximate surface area is 273 Å². The molecule has 3 heteroatoms. The van der Waals surface area contributed by atoms with Gasteiger partial charge in [-0.3, -0.25) is 4.57 Å². The summed E-state index contributed by atoms with van der Waals surface area (Å²) in [5.41, 5.74) is 13.9. The van der Waals surface area contributed by atoms with E-state index in [-0.39, 0.29) is 0 Å². The molecule has 0 bridgehead atoms. The van der Waals surface area contributed by atoms with Crippen LogP contribution in [0.5, 0.6) is 0 Å². The summed E-state index contributed by atoms with van der Waals surface area (Å²) in [6.07, 6.45) is 0. The molecular formula is C44H31N3. The molecule has 0 aliphatic heterocycles. The van der Waals surface area contributed by atoms with Crippen molar-refractivity contribution in [3.05, 3.63) is 176 Å². The number of para-hydroxylation sites is 6. The van der Waals surface area contributed by atoms with Gasteiger partial charge in [0.25, 0.3) is 0 Å². The average Bonchev–Trinajstić information content (AvgIpc) is 3.65. The highest BCUT2D eigenvalue weighted by Gasteiger charge is 2.20. The summed E-state index contributed by atoms with van der Waals surface area (Å²) < 4.78 is 4.70. The number of rotatable bonds is 5. The van der Waals surface area contributed by atoms with E-state index in [1.165, 1.54) is 55.2 Å². The molecule has 0 radical (unpaired) electrons. The Hall–Kier alpha value is -6.19. The van der Waals surface area contributed by atoms with Crippen LogP contribution in [0.25, 0.3) is 77.6 Å². The predicted octanol–water partition coefficient (Wildman–Crippen LogP) is 11.4. The molecule has 2 heterocycles. The minimum atomic E-state index is 0.969. The summed E-state index contributed by atoms with van der Waals surface area (Å²) in [6, 6.07) is 60.9. The molecule has 0 aliphatic rings. The van der Waals surface area contributed by atoms with E-state index in [1.807, 2.05) is 0 Å². The third-order valence-electron chi connectivity index (χ3n) is 9.32. The second-order valence-electron chi connectivity index (χ2n) is 12.0. The minimum absolute atomic E-state index is 0.969. The zero-order chi connectivity index (χ0) is 31.3. The van der Waals surface area contributed by atoms with E-state index in [0.29, 0.717) is 0 Å². The van der Waals surface area contributed by atoms with Gasteiger partial charge >= 0.3 is 0 Å². The first kappa shape index (κ1) is 27.1. The Morgan fingerprint density at radius 2 is 0.702 bits per heavy atom. The van der Waals surface area contributed by atoms with E-state index < -0.39 is 0 Å². The van der Waals surface area contributed by atoms with Crippen LogP contribution in [0.3, 0.4) is 0 Å². The fourth-order valence-electron chi connectivity index (χ4n) is 7.33. The number of hydrogen-bond acceptors (Lipinski definition) is 1. The lowest BCUT2D eigenvalue weighted by molar-refractivity contribution is 1.00. The molecule has 7 aromatic carbocycles. The standard InChI is InChI=1S/C44H31N3/c1-30-45-39-24-10-15-29-44(39)46(30)40-25-11-6-20-35(40)33-18-4-2-16-31(33)32-17-3-5-19-34(32)36-21-7-12-26-41(36)47-42-27-13-8-22-37(42)38-23-9-14-28-43(38)47/h2-29H,1H3. The van der Waals surface area contributed by atoms with Crippen molar-refractivity contribution in [2.75, 3.05) is 0 Å². The van der Waals surface area contributed by atoms with Crippen LogP contribution in [0.15, 0.2) is 170 Å². The molecule has 0 aliphatic carbocycles. The van der Waals surface area contributed by atoms with Crippen LogP contribution < -0.4 is 0 Å². The maximum atomic E-state index is 4.90. The van der Waals surface area contributed by atoms with E-state index >= 15 is 0 Å². The molecule has 47 heavy (non-hydrogen) atoms. The number of imidazole rings is 1. The zero-order valence-corrected chi connectivity index (χ0v) is 26.0. The zero-order valence-electron chi connectivity index (χ0n) is 26.0. The van der Waals surface area contributed by atoms with Gasteiger partial charge in [0, 0.05) is 21.9 Å². The molecule has 2 aromatic heterocycles. The van der Waals surface area contributed by atoms with Crippen molar-refractivity contribution in [1.82, 2.24) is 14.1 Å². The molecule has 9 aromatic rings. The molecule has 0 unspecified atom stereocenters. The first-order valence-corrected chi connectivity index (χ1v) is 16.1. The van der Waals surface area contributed by atoms with Crippen LogP contribution in [0, 0.1) is 6.92 Å². The van der Waals surface area contributed by atoms with Crippen LogP contribution >= 0.6 is 0 Å². The largest absolute Gasteiger partial charge is 0.309 e. The summed E-state index contributed by atoms with van der Waals surface area (Å²) in [5.74, 6) is 0.969. The first-order chi connectivity index (χ1) is 23.3. The summed E-state index contributed by atoms with van der Waals surface area (Å²) in [7, 11) is 0. The molecule has 0 atom stereocenters. The summed E-state index contributed by atoms with van der Waals surface area (Å²) in [4.78, 5) is 4.90. The van der Waals surface area contributed by atoms with Crippen molar-refractivity contribution in [3.8, 4) is 44.8 Å². The number of aryl methyl sites for hydroxylation is 1. The minimum Gasteiger partial charge on any atom is -0.309 e. The molecule has 0 saturated carbocycles. The molecule has 222 valence electrons. The fraction of sp³-hybridized carbons (Fsp3) is 0.0227. The van der Waals surface area contributed by atoms with E-state index in [4.69, 9.17) is 4.98 Å². The summed E-state index contributed by atoms with van der Waals surface area (Å²) in [5, 5.41) is 2.52. The van der Waals surface area contributed by atoms with E-state index in [0.717, 1.165) is 28.2 Å². The highest BCUT2D eigenvalue weighted by molar-refractivity contribution is 6.10. The lowest BCUT2D eigenvalue weighted by atomic mass is 9.88. The van der Waals surface area contributed by atoms with Gasteiger partial charge < -0.3 is 4.57 Å². The van der Waals surface area contributed by atoms with Crippen molar-refractivity contribution in [2.45, 2.75) is 6.92 Å². The lowest BCUT2D eigenvalue weighted by Crippen LogP contribution is -2.01. The quantitative estimate of drug-likeness (QED) is 0.192. The summed E-state index contributed by atoms with van der Waals surface area (Å²) >= 11 is 0. The Balaban J connectivity index is 1.27. The number of nitrogens with zero attached hydrogens (tertiary/aromatic N) is 3. The van der Waals surface area contributed by atoms with Gasteiger partial charge in [0.15, 0.2) is 0 Å². The van der Waals surface area contributed by atoms with Crippen molar-refractivity contribution in [3.63, 3.8) is 0 Å². The highest BCUT2D eigenvalue weighted by Crippen LogP contribution is 2.43. The van der Waals surface area contributed by atoms with Gasteiger partial charge in [-0.05, 0) is 65.6 Å². The Kier molecular flexibility index (Phi) is 6.36. The number of aromatic nitrogens is 3. The Bertz CT molecular complexity index is 2550. The molecule has 9 rings (SSSR count). The van der Waals surface area contributed by atoms with E-state index in [2.05, 4.69) is 186 Å². The SMILES string of the molecule is Cc1nc2ccccc2n1-c1ccccc1-c1ccccc1-c1ccccc1-c1ccccc1-n1c2ccccc2c2ccccc21. The fourth-order valence-corrected chi connectivity index (χ4v) is 7.33. The van der Waals surface area contributed by atoms with Gasteiger partial charge in [-0.1, -0.05) is 133 Å². The highest BCUT2D eigenvalue weighted by atomic mass is 15.1. The molecule has 3 nitrogen and oxygen atoms in total. The van der Waals surface area contributed by atoms with E-state index in [1.54, 1.807) is 0 Å². The van der Waals surface area contributed by atoms with Crippen molar-refractivity contribution in [1.29, 1.82) is 0 Å². The molecule has 0 amide bonds. The molecule has 0 saturated heterocycles. The topological polar surface area (TPSA) is 22.8 Å². The third-order valence-corrected chi connectivity index (χ3v) is 9.32. The summed E-state index contributed by atoms with van der Waals surface area (Å²) in [6.45, 7) is 2.09. The predicted molar refractivity (Wildman–Crippen MR) is 196 cm³/mol. The maximum Gasteiger partial charge on any atom is 0.111 e. The Morgan fingerprint density at radius 3 is 1.23 bits per heavy atom. The molecule has 0 fully saturated rings. The maximum absolute atomic E-state index is 4.90. The van der Waals surface area contributed by atoms with Gasteiger partial charge in [0.05, 0.1) is 33.4 Å². The number of hydrogen-bond donors (Lipinski definition) is 0. The van der Waals surface area contributed by atoms with Gasteiger partial charge in [0.1, 0.15) is 5.82 Å². The molecular weight excluding hydrogens is 571 g/mol. The van der Waals surface area contributed by atoms with Crippen molar-refractivity contribution < 1.29 is 0 Å². The number of fused-ring (bicyclic) bond motifs is 4. The lowest BCUT2D eigenvalue weighted by Gasteiger charge is -2.20. The van der Waals surface area contributed by atoms with Gasteiger partial charge in [-0.15, -0.1) is 0 Å². The van der Waals surface area contributed by atoms with Crippen molar-refractivity contribution >= 4 is 32.8 Å². The van der Waals surface area contributed by atoms with Crippen LogP contribution in [0.2, 0.25) is 0 Å². The smallest absolute Gasteiger partial charge is 0.111 e. The molecule has 0 spiro atoms. The third kappa shape index (κ3) is 4.32. The average molecular weight is 602 g/mol. The van der Waals surface area contributed by atoms with E-state index in [9.17, 15) is 0 Å². The van der Waals surface area contributed by atoms with Crippen LogP contribution in [-0.2, 0) is 0 Å². The Morgan fingerprint density at radius 1 is 0.340 bits per heavy atom. The van der Waals surface area contributed by atoms with Crippen LogP contribution in [-0.4, -0.2) is 14.1 Å². The van der Waals surface area contributed by atoms with Crippen LogP contribution in [0.1, 0.15) is 5.82 Å². The molecule has 0 N–H and O–H groups in total. The van der Waals surface area contributed by atoms with Crippen molar-refractivity contribution in [2.24, 2.45) is 0 Å². The first-order valence-electron chi connectivity index (χ1n) is 16.1. The van der Waals surface area contributed by atoms with Gasteiger partial charge in [-0.2, -0.15) is 0 Å². The second-order valence-corrected chi connectivity index (χ2v) is 12.0. The monoisotopic (exact) mass is 601 g/mol. The second kappa shape index (κ2) is 11.0. The van der Waals surface area contributed by atoms with Gasteiger partial charge in [0.2, 0.25) is 0 Å².